The van der Waals surface area contributed by atoms with Crippen LogP contribution in [0.5, 0.6) is 0 Å². The van der Waals surface area contributed by atoms with Crippen molar-refractivity contribution in [2.45, 2.75) is 43.8 Å². The van der Waals surface area contributed by atoms with Crippen LogP contribution in [0.25, 0.3) is 0 Å². The Morgan fingerprint density at radius 3 is 2.60 bits per heavy atom. The third-order valence-electron chi connectivity index (χ3n) is 6.61. The molecule has 2 aromatic carbocycles. The molecule has 4 rings (SSSR count). The SMILES string of the molecule is FC(F)(F)c1ccc2c(c1)[C@H]1C[C@@H](CNCCCI)CC[C@H]1[C@H](c1ccccc1)N2. The summed E-state index contributed by atoms with van der Waals surface area (Å²) in [6.45, 7) is 1.97. The van der Waals surface area contributed by atoms with E-state index in [4.69, 9.17) is 0 Å². The molecule has 1 heterocycles. The molecule has 30 heavy (non-hydrogen) atoms. The molecule has 0 saturated heterocycles. The van der Waals surface area contributed by atoms with Crippen LogP contribution in [0.1, 0.15) is 54.3 Å². The van der Waals surface area contributed by atoms with Gasteiger partial charge in [0.15, 0.2) is 0 Å². The van der Waals surface area contributed by atoms with Crippen molar-refractivity contribution < 1.29 is 13.2 Å². The molecule has 2 aromatic rings. The van der Waals surface area contributed by atoms with E-state index in [1.54, 1.807) is 6.07 Å². The van der Waals surface area contributed by atoms with Gasteiger partial charge in [0.2, 0.25) is 0 Å². The van der Waals surface area contributed by atoms with Crippen LogP contribution in [0, 0.1) is 11.8 Å². The number of nitrogens with one attached hydrogen (secondary N) is 2. The number of hydrogen-bond acceptors (Lipinski definition) is 2. The first kappa shape index (κ1) is 21.9. The molecule has 0 aromatic heterocycles. The normalized spacial score (nSPS) is 25.9. The maximum Gasteiger partial charge on any atom is 0.416 e. The number of halogens is 4. The van der Waals surface area contributed by atoms with Crippen LogP contribution in [0.2, 0.25) is 0 Å². The lowest BCUT2D eigenvalue weighted by Gasteiger charge is -2.46. The molecule has 0 radical (unpaired) electrons. The molecule has 2 aliphatic rings. The summed E-state index contributed by atoms with van der Waals surface area (Å²) in [6.07, 6.45) is -0.0581. The monoisotopic (exact) mass is 528 g/mol. The third kappa shape index (κ3) is 4.79. The number of anilines is 1. The lowest BCUT2D eigenvalue weighted by Crippen LogP contribution is -2.38. The molecule has 2 nitrogen and oxygen atoms in total. The minimum atomic E-state index is -4.31. The highest BCUT2D eigenvalue weighted by Gasteiger charge is 2.42. The van der Waals surface area contributed by atoms with Gasteiger partial charge in [0.05, 0.1) is 11.6 Å². The van der Waals surface area contributed by atoms with Crippen LogP contribution >= 0.6 is 22.6 Å². The Hall–Kier alpha value is -1.28. The van der Waals surface area contributed by atoms with E-state index >= 15 is 0 Å². The molecule has 6 heteroatoms. The maximum absolute atomic E-state index is 13.4. The highest BCUT2D eigenvalue weighted by molar-refractivity contribution is 14.1. The van der Waals surface area contributed by atoms with Crippen LogP contribution in [0.15, 0.2) is 48.5 Å². The second-order valence-electron chi connectivity index (χ2n) is 8.53. The predicted octanol–water partition coefficient (Wildman–Crippen LogP) is 6.79. The van der Waals surface area contributed by atoms with Gasteiger partial charge >= 0.3 is 6.18 Å². The van der Waals surface area contributed by atoms with E-state index in [9.17, 15) is 13.2 Å². The Morgan fingerprint density at radius 1 is 1.07 bits per heavy atom. The summed E-state index contributed by atoms with van der Waals surface area (Å²) in [6, 6.07) is 14.7. The number of hydrogen-bond donors (Lipinski definition) is 2. The topological polar surface area (TPSA) is 24.1 Å². The van der Waals surface area contributed by atoms with Crippen molar-refractivity contribution in [3.8, 4) is 0 Å². The van der Waals surface area contributed by atoms with Crippen molar-refractivity contribution in [2.24, 2.45) is 11.8 Å². The van der Waals surface area contributed by atoms with Crippen LogP contribution in [-0.4, -0.2) is 17.5 Å². The summed E-state index contributed by atoms with van der Waals surface area (Å²) in [5.74, 6) is 0.977. The quantitative estimate of drug-likeness (QED) is 0.245. The van der Waals surface area contributed by atoms with Gasteiger partial charge in [0.1, 0.15) is 0 Å². The van der Waals surface area contributed by atoms with Crippen LogP contribution < -0.4 is 10.6 Å². The van der Waals surface area contributed by atoms with Crippen LogP contribution in [0.3, 0.4) is 0 Å². The number of rotatable bonds is 6. The second kappa shape index (κ2) is 9.47. The summed E-state index contributed by atoms with van der Waals surface area (Å²) in [4.78, 5) is 0. The molecular formula is C24H28F3IN2. The lowest BCUT2D eigenvalue weighted by molar-refractivity contribution is -0.137. The van der Waals surface area contributed by atoms with Gasteiger partial charge in [-0.2, -0.15) is 13.2 Å². The van der Waals surface area contributed by atoms with E-state index in [2.05, 4.69) is 45.4 Å². The van der Waals surface area contributed by atoms with Gasteiger partial charge in [-0.1, -0.05) is 52.9 Å². The van der Waals surface area contributed by atoms with Crippen molar-refractivity contribution in [1.82, 2.24) is 5.32 Å². The maximum atomic E-state index is 13.4. The van der Waals surface area contributed by atoms with Gasteiger partial charge in [-0.25, -0.2) is 0 Å². The van der Waals surface area contributed by atoms with Crippen molar-refractivity contribution in [3.05, 3.63) is 65.2 Å². The van der Waals surface area contributed by atoms with Crippen molar-refractivity contribution >= 4 is 28.3 Å². The minimum Gasteiger partial charge on any atom is -0.378 e. The van der Waals surface area contributed by atoms with E-state index in [0.717, 1.165) is 54.5 Å². The molecule has 0 amide bonds. The van der Waals surface area contributed by atoms with Crippen molar-refractivity contribution in [3.63, 3.8) is 0 Å². The average Bonchev–Trinajstić information content (AvgIpc) is 2.75. The summed E-state index contributed by atoms with van der Waals surface area (Å²) in [5.41, 5.74) is 2.38. The summed E-state index contributed by atoms with van der Waals surface area (Å²) >= 11 is 2.38. The highest BCUT2D eigenvalue weighted by Crippen LogP contribution is 2.53. The molecule has 0 bridgehead atoms. The fraction of sp³-hybridized carbons (Fsp3) is 0.500. The van der Waals surface area contributed by atoms with E-state index < -0.39 is 11.7 Å². The summed E-state index contributed by atoms with van der Waals surface area (Å²) in [5, 5.41) is 7.14. The first-order valence-electron chi connectivity index (χ1n) is 10.8. The zero-order valence-electron chi connectivity index (χ0n) is 16.9. The average molecular weight is 528 g/mol. The standard InChI is InChI=1S/C24H28F3IN2/c25-24(26,27)18-8-10-22-21(14-18)20-13-16(15-29-12-4-11-28)7-9-19(20)23(30-22)17-5-2-1-3-6-17/h1-3,5-6,8,10,14,16,19-20,23,29-30H,4,7,9,11-13,15H2/t16-,19+,20-,23-/m0/s1. The third-order valence-corrected chi connectivity index (χ3v) is 7.37. The first-order chi connectivity index (χ1) is 14.5. The Bertz CT molecular complexity index is 840. The Morgan fingerprint density at radius 2 is 1.87 bits per heavy atom. The molecule has 1 aliphatic carbocycles. The Labute approximate surface area is 190 Å². The van der Waals surface area contributed by atoms with Crippen molar-refractivity contribution in [2.75, 3.05) is 22.8 Å². The molecule has 2 N–H and O–H groups in total. The zero-order valence-corrected chi connectivity index (χ0v) is 19.0. The van der Waals surface area contributed by atoms with Gasteiger partial charge in [-0.15, -0.1) is 0 Å². The molecule has 4 atom stereocenters. The number of fused-ring (bicyclic) bond motifs is 3. The molecule has 1 aliphatic heterocycles. The minimum absolute atomic E-state index is 0.147. The van der Waals surface area contributed by atoms with Crippen LogP contribution in [-0.2, 0) is 6.18 Å². The lowest BCUT2D eigenvalue weighted by atomic mass is 9.65. The van der Waals surface area contributed by atoms with Gasteiger partial charge in [0.25, 0.3) is 0 Å². The predicted molar refractivity (Wildman–Crippen MR) is 124 cm³/mol. The molecule has 1 fully saturated rings. The molecule has 0 unspecified atom stereocenters. The second-order valence-corrected chi connectivity index (χ2v) is 9.61. The van der Waals surface area contributed by atoms with Gasteiger partial charge in [-0.3, -0.25) is 0 Å². The summed E-state index contributed by atoms with van der Waals surface area (Å²) in [7, 11) is 0. The Kier molecular flexibility index (Phi) is 6.92. The smallest absolute Gasteiger partial charge is 0.378 e. The van der Waals surface area contributed by atoms with E-state index in [1.165, 1.54) is 17.7 Å². The highest BCUT2D eigenvalue weighted by atomic mass is 127. The Balaban J connectivity index is 1.63. The van der Waals surface area contributed by atoms with Gasteiger partial charge < -0.3 is 10.6 Å². The molecule has 162 valence electrons. The first-order valence-corrected chi connectivity index (χ1v) is 12.3. The largest absolute Gasteiger partial charge is 0.416 e. The van der Waals surface area contributed by atoms with Crippen LogP contribution in [0.4, 0.5) is 18.9 Å². The number of alkyl halides is 4. The molecule has 1 saturated carbocycles. The van der Waals surface area contributed by atoms with E-state index in [0.29, 0.717) is 11.8 Å². The van der Waals surface area contributed by atoms with E-state index in [1.807, 2.05) is 18.2 Å². The fourth-order valence-corrected chi connectivity index (χ4v) is 5.55. The van der Waals surface area contributed by atoms with E-state index in [-0.39, 0.29) is 12.0 Å². The van der Waals surface area contributed by atoms with Gasteiger partial charge in [0, 0.05) is 10.1 Å². The zero-order chi connectivity index (χ0) is 21.1. The number of benzene rings is 2. The van der Waals surface area contributed by atoms with Crippen molar-refractivity contribution in [1.29, 1.82) is 0 Å². The van der Waals surface area contributed by atoms with Gasteiger partial charge in [-0.05, 0) is 85.9 Å². The summed E-state index contributed by atoms with van der Waals surface area (Å²) < 4.78 is 41.4. The fourth-order valence-electron chi connectivity index (χ4n) is 5.16. The molecular weight excluding hydrogens is 500 g/mol. The molecule has 0 spiro atoms.